The molecular weight excluding hydrogens is 679 g/mol. The summed E-state index contributed by atoms with van der Waals surface area (Å²) in [6, 6.07) is 60.7. The maximum absolute atomic E-state index is 6.29. The van der Waals surface area contributed by atoms with Crippen LogP contribution in [0.5, 0.6) is 0 Å². The molecule has 0 radical (unpaired) electrons. The van der Waals surface area contributed by atoms with Crippen LogP contribution in [0.1, 0.15) is 74.1 Å². The Morgan fingerprint density at radius 1 is 0.500 bits per heavy atom. The molecular formula is C54H47NO. The third-order valence-corrected chi connectivity index (χ3v) is 13.7. The SMILES string of the molecule is CC1(C)c2ccccc2C([C@@H]2C[C@@H]3CC[C@@H](C3)C2)c2cc(N(c3ccc(-c4ccc5c(c4)oc4ccccc45)cc3)c3ccccc3-c3ccccc3)ccc21. The van der Waals surface area contributed by atoms with Crippen molar-refractivity contribution in [3.05, 3.63) is 186 Å². The number of anilines is 3. The maximum atomic E-state index is 6.29. The van der Waals surface area contributed by atoms with Crippen molar-refractivity contribution in [3.8, 4) is 22.3 Å². The van der Waals surface area contributed by atoms with Crippen molar-refractivity contribution < 1.29 is 4.42 Å². The van der Waals surface area contributed by atoms with E-state index >= 15 is 0 Å². The Labute approximate surface area is 330 Å². The van der Waals surface area contributed by atoms with Crippen LogP contribution in [-0.2, 0) is 5.41 Å². The third kappa shape index (κ3) is 5.45. The van der Waals surface area contributed by atoms with Gasteiger partial charge in [-0.15, -0.1) is 0 Å². The predicted molar refractivity (Wildman–Crippen MR) is 233 cm³/mol. The van der Waals surface area contributed by atoms with Crippen LogP contribution in [0.15, 0.2) is 168 Å². The van der Waals surface area contributed by atoms with Crippen molar-refractivity contribution >= 4 is 39.0 Å². The standard InChI is InChI=1S/C54H47NO/c1-54(2)48-17-9-6-16-46(48)53(40-31-35-20-21-36(30-35)32-40)47-34-42(27-29-49(47)54)55(50-18-10-7-14-43(50)38-12-4-3-5-13-38)41-25-22-37(23-26-41)39-24-28-45-44-15-8-11-19-51(44)56-52(45)33-39/h3-19,22-29,33-36,40,53H,20-21,30-32H2,1-2H3/t35-,36+,40-,53?. The topological polar surface area (TPSA) is 16.4 Å². The molecule has 0 spiro atoms. The zero-order chi connectivity index (χ0) is 37.4. The fourth-order valence-corrected chi connectivity index (χ4v) is 11.2. The van der Waals surface area contributed by atoms with Gasteiger partial charge in [-0.25, -0.2) is 0 Å². The minimum Gasteiger partial charge on any atom is -0.456 e. The quantitative estimate of drug-likeness (QED) is 0.170. The van der Waals surface area contributed by atoms with Gasteiger partial charge in [0.2, 0.25) is 0 Å². The lowest BCUT2D eigenvalue weighted by Crippen LogP contribution is -2.34. The van der Waals surface area contributed by atoms with E-state index < -0.39 is 0 Å². The Hall–Kier alpha value is -5.86. The molecule has 56 heavy (non-hydrogen) atoms. The first-order valence-corrected chi connectivity index (χ1v) is 20.7. The van der Waals surface area contributed by atoms with Gasteiger partial charge in [-0.1, -0.05) is 142 Å². The fourth-order valence-electron chi connectivity index (χ4n) is 11.2. The summed E-state index contributed by atoms with van der Waals surface area (Å²) in [5.74, 6) is 2.83. The van der Waals surface area contributed by atoms with E-state index in [9.17, 15) is 0 Å². The Bertz CT molecular complexity index is 2730. The largest absolute Gasteiger partial charge is 0.456 e. The van der Waals surface area contributed by atoms with Gasteiger partial charge in [0.05, 0.1) is 5.69 Å². The molecule has 3 aliphatic carbocycles. The van der Waals surface area contributed by atoms with Crippen LogP contribution < -0.4 is 4.90 Å². The van der Waals surface area contributed by atoms with Crippen LogP contribution in [0.4, 0.5) is 17.1 Å². The number of nitrogens with zero attached hydrogens (tertiary/aromatic N) is 1. The minimum atomic E-state index is -0.0794. The van der Waals surface area contributed by atoms with Crippen LogP contribution in [0.3, 0.4) is 0 Å². The summed E-state index contributed by atoms with van der Waals surface area (Å²) >= 11 is 0. The van der Waals surface area contributed by atoms with E-state index in [1.165, 1.54) is 76.9 Å². The van der Waals surface area contributed by atoms with Crippen LogP contribution in [0.2, 0.25) is 0 Å². The molecule has 1 heterocycles. The summed E-state index contributed by atoms with van der Waals surface area (Å²) in [6.07, 6.45) is 6.97. The molecule has 0 aliphatic heterocycles. The van der Waals surface area contributed by atoms with Gasteiger partial charge in [0.1, 0.15) is 11.2 Å². The highest BCUT2D eigenvalue weighted by molar-refractivity contribution is 6.06. The van der Waals surface area contributed by atoms with Crippen molar-refractivity contribution in [3.63, 3.8) is 0 Å². The highest BCUT2D eigenvalue weighted by Crippen LogP contribution is 2.57. The van der Waals surface area contributed by atoms with Crippen LogP contribution in [-0.4, -0.2) is 0 Å². The lowest BCUT2D eigenvalue weighted by atomic mass is 9.60. The maximum Gasteiger partial charge on any atom is 0.136 e. The van der Waals surface area contributed by atoms with Gasteiger partial charge in [-0.3, -0.25) is 0 Å². The van der Waals surface area contributed by atoms with E-state index in [0.29, 0.717) is 11.8 Å². The van der Waals surface area contributed by atoms with Gasteiger partial charge in [0, 0.05) is 39.0 Å². The zero-order valence-corrected chi connectivity index (χ0v) is 32.3. The summed E-state index contributed by atoms with van der Waals surface area (Å²) in [4.78, 5) is 2.50. The molecule has 2 nitrogen and oxygen atoms in total. The van der Waals surface area contributed by atoms with Crippen molar-refractivity contribution in [2.45, 2.75) is 57.3 Å². The molecule has 2 saturated carbocycles. The van der Waals surface area contributed by atoms with Crippen molar-refractivity contribution in [1.29, 1.82) is 0 Å². The number of furan rings is 1. The Balaban J connectivity index is 1.06. The second kappa shape index (κ2) is 13.1. The van der Waals surface area contributed by atoms with Gasteiger partial charge in [-0.05, 0) is 124 Å². The van der Waals surface area contributed by atoms with E-state index in [-0.39, 0.29) is 5.41 Å². The van der Waals surface area contributed by atoms with Gasteiger partial charge in [-0.2, -0.15) is 0 Å². The zero-order valence-electron chi connectivity index (χ0n) is 32.3. The molecule has 11 rings (SSSR count). The summed E-state index contributed by atoms with van der Waals surface area (Å²) in [5, 5.41) is 2.31. The van der Waals surface area contributed by atoms with Gasteiger partial charge in [0.15, 0.2) is 0 Å². The molecule has 0 amide bonds. The third-order valence-electron chi connectivity index (χ3n) is 13.7. The number of fused-ring (bicyclic) bond motifs is 7. The number of rotatable bonds is 6. The van der Waals surface area contributed by atoms with Crippen LogP contribution >= 0.6 is 0 Å². The highest BCUT2D eigenvalue weighted by Gasteiger charge is 2.44. The molecule has 2 fully saturated rings. The summed E-state index contributed by atoms with van der Waals surface area (Å²) < 4.78 is 6.29. The molecule has 2 bridgehead atoms. The van der Waals surface area contributed by atoms with Crippen molar-refractivity contribution in [2.75, 3.05) is 4.90 Å². The number of hydrogen-bond acceptors (Lipinski definition) is 2. The molecule has 1 unspecified atom stereocenters. The van der Waals surface area contributed by atoms with E-state index in [1.54, 1.807) is 5.56 Å². The first-order chi connectivity index (χ1) is 27.5. The van der Waals surface area contributed by atoms with Crippen LogP contribution in [0, 0.1) is 17.8 Å². The highest BCUT2D eigenvalue weighted by atomic mass is 16.3. The van der Waals surface area contributed by atoms with E-state index in [2.05, 4.69) is 170 Å². The number of para-hydroxylation sites is 2. The second-order valence-corrected chi connectivity index (χ2v) is 17.3. The lowest BCUT2D eigenvalue weighted by molar-refractivity contribution is 0.237. The van der Waals surface area contributed by atoms with Gasteiger partial charge in [0.25, 0.3) is 0 Å². The van der Waals surface area contributed by atoms with Crippen LogP contribution in [0.25, 0.3) is 44.2 Å². The average molecular weight is 726 g/mol. The molecule has 8 aromatic rings. The second-order valence-electron chi connectivity index (χ2n) is 17.3. The normalized spacial score (nSPS) is 20.8. The van der Waals surface area contributed by atoms with Crippen molar-refractivity contribution in [1.82, 2.24) is 0 Å². The fraction of sp³-hybridized carbons (Fsp3) is 0.222. The molecule has 1 aromatic heterocycles. The first-order valence-electron chi connectivity index (χ1n) is 20.7. The molecule has 0 saturated heterocycles. The molecule has 2 heteroatoms. The Kier molecular flexibility index (Phi) is 7.85. The first kappa shape index (κ1) is 33.5. The average Bonchev–Trinajstić information content (AvgIpc) is 3.79. The monoisotopic (exact) mass is 725 g/mol. The minimum absolute atomic E-state index is 0.0794. The van der Waals surface area contributed by atoms with E-state index in [4.69, 9.17) is 4.42 Å². The predicted octanol–water partition coefficient (Wildman–Crippen LogP) is 15.0. The molecule has 7 aromatic carbocycles. The van der Waals surface area contributed by atoms with Gasteiger partial charge >= 0.3 is 0 Å². The van der Waals surface area contributed by atoms with Crippen molar-refractivity contribution in [2.24, 2.45) is 17.8 Å². The van der Waals surface area contributed by atoms with E-state index in [0.717, 1.165) is 45.0 Å². The lowest BCUT2D eigenvalue weighted by Gasteiger charge is -2.44. The molecule has 0 N–H and O–H groups in total. The number of hydrogen-bond donors (Lipinski definition) is 0. The van der Waals surface area contributed by atoms with Gasteiger partial charge < -0.3 is 9.32 Å². The summed E-state index contributed by atoms with van der Waals surface area (Å²) in [5.41, 5.74) is 16.1. The summed E-state index contributed by atoms with van der Waals surface area (Å²) in [7, 11) is 0. The number of benzene rings is 7. The Morgan fingerprint density at radius 2 is 1.16 bits per heavy atom. The molecule has 3 aliphatic rings. The summed E-state index contributed by atoms with van der Waals surface area (Å²) in [6.45, 7) is 4.88. The molecule has 274 valence electrons. The Morgan fingerprint density at radius 3 is 2.00 bits per heavy atom. The molecule has 4 atom stereocenters. The van der Waals surface area contributed by atoms with E-state index in [1.807, 2.05) is 12.1 Å². The smallest absolute Gasteiger partial charge is 0.136 e.